The van der Waals surface area contributed by atoms with Gasteiger partial charge in [-0.15, -0.1) is 11.6 Å². The van der Waals surface area contributed by atoms with Crippen LogP contribution in [0.5, 0.6) is 5.75 Å². The molecule has 1 unspecified atom stereocenters. The molecule has 0 amide bonds. The van der Waals surface area contributed by atoms with E-state index in [1.165, 1.54) is 0 Å². The van der Waals surface area contributed by atoms with E-state index >= 15 is 0 Å². The van der Waals surface area contributed by atoms with Gasteiger partial charge in [-0.3, -0.25) is 4.79 Å². The number of rotatable bonds is 6. The van der Waals surface area contributed by atoms with E-state index in [1.54, 1.807) is 0 Å². The molecule has 0 aromatic heterocycles. The SMILES string of the molecule is CCOc1ccccc1C(Cl)CCC(=O)O. The number of hydrogen-bond donors (Lipinski definition) is 1. The highest BCUT2D eigenvalue weighted by atomic mass is 35.5. The Kier molecular flexibility index (Phi) is 5.12. The zero-order valence-electron chi connectivity index (χ0n) is 9.15. The highest BCUT2D eigenvalue weighted by Crippen LogP contribution is 2.32. The van der Waals surface area contributed by atoms with Gasteiger partial charge in [-0.05, 0) is 19.4 Å². The Morgan fingerprint density at radius 3 is 2.81 bits per heavy atom. The summed E-state index contributed by atoms with van der Waals surface area (Å²) < 4.78 is 5.43. The van der Waals surface area contributed by atoms with E-state index in [9.17, 15) is 4.79 Å². The van der Waals surface area contributed by atoms with Gasteiger partial charge in [-0.25, -0.2) is 0 Å². The monoisotopic (exact) mass is 242 g/mol. The van der Waals surface area contributed by atoms with Crippen molar-refractivity contribution in [3.05, 3.63) is 29.8 Å². The molecule has 0 saturated carbocycles. The smallest absolute Gasteiger partial charge is 0.303 e. The second-order valence-electron chi connectivity index (χ2n) is 3.37. The van der Waals surface area contributed by atoms with Crippen molar-refractivity contribution in [1.29, 1.82) is 0 Å². The van der Waals surface area contributed by atoms with Gasteiger partial charge >= 0.3 is 5.97 Å². The molecule has 1 atom stereocenters. The van der Waals surface area contributed by atoms with Gasteiger partial charge in [-0.2, -0.15) is 0 Å². The molecule has 0 radical (unpaired) electrons. The molecule has 0 aliphatic carbocycles. The average Bonchev–Trinajstić information content (AvgIpc) is 2.27. The van der Waals surface area contributed by atoms with E-state index in [2.05, 4.69) is 0 Å². The predicted octanol–water partition coefficient (Wildman–Crippen LogP) is 3.23. The van der Waals surface area contributed by atoms with Crippen molar-refractivity contribution in [2.45, 2.75) is 25.1 Å². The maximum Gasteiger partial charge on any atom is 0.303 e. The molecular weight excluding hydrogens is 228 g/mol. The van der Waals surface area contributed by atoms with E-state index < -0.39 is 5.97 Å². The first-order valence-electron chi connectivity index (χ1n) is 5.22. The molecule has 1 rings (SSSR count). The van der Waals surface area contributed by atoms with Gasteiger partial charge in [-0.1, -0.05) is 18.2 Å². The second kappa shape index (κ2) is 6.38. The van der Waals surface area contributed by atoms with Crippen LogP contribution in [-0.4, -0.2) is 17.7 Å². The summed E-state index contributed by atoms with van der Waals surface area (Å²) in [5, 5.41) is 8.27. The Morgan fingerprint density at radius 1 is 1.50 bits per heavy atom. The second-order valence-corrected chi connectivity index (χ2v) is 3.90. The molecule has 16 heavy (non-hydrogen) atoms. The molecule has 0 saturated heterocycles. The third kappa shape index (κ3) is 3.74. The number of hydrogen-bond acceptors (Lipinski definition) is 2. The standard InChI is InChI=1S/C12H15ClO3/c1-2-16-11-6-4-3-5-9(11)10(13)7-8-12(14)15/h3-6,10H,2,7-8H2,1H3,(H,14,15). The summed E-state index contributed by atoms with van der Waals surface area (Å²) >= 11 is 6.15. The number of halogens is 1. The summed E-state index contributed by atoms with van der Waals surface area (Å²) in [7, 11) is 0. The molecule has 0 aliphatic heterocycles. The summed E-state index contributed by atoms with van der Waals surface area (Å²) in [4.78, 5) is 10.5. The molecule has 1 aromatic carbocycles. The van der Waals surface area contributed by atoms with Gasteiger partial charge in [0.05, 0.1) is 12.0 Å². The lowest BCUT2D eigenvalue weighted by atomic mass is 10.1. The number of carboxylic acids is 1. The topological polar surface area (TPSA) is 46.5 Å². The number of carboxylic acid groups (broad SMARTS) is 1. The van der Waals surface area contributed by atoms with E-state index in [4.69, 9.17) is 21.4 Å². The van der Waals surface area contributed by atoms with Crippen molar-refractivity contribution in [3.8, 4) is 5.75 Å². The highest BCUT2D eigenvalue weighted by molar-refractivity contribution is 6.21. The first-order valence-corrected chi connectivity index (χ1v) is 5.66. The summed E-state index contributed by atoms with van der Waals surface area (Å²) in [6, 6.07) is 7.45. The van der Waals surface area contributed by atoms with Gasteiger partial charge in [0, 0.05) is 12.0 Å². The number of alkyl halides is 1. The molecule has 0 spiro atoms. The van der Waals surface area contributed by atoms with Crippen molar-refractivity contribution < 1.29 is 14.6 Å². The van der Waals surface area contributed by atoms with Gasteiger partial charge in [0.25, 0.3) is 0 Å². The fourth-order valence-electron chi connectivity index (χ4n) is 1.43. The normalized spacial score (nSPS) is 12.1. The van der Waals surface area contributed by atoms with Crippen molar-refractivity contribution in [1.82, 2.24) is 0 Å². The molecular formula is C12H15ClO3. The van der Waals surface area contributed by atoms with Crippen molar-refractivity contribution >= 4 is 17.6 Å². The van der Waals surface area contributed by atoms with E-state index in [0.717, 1.165) is 11.3 Å². The molecule has 0 aliphatic rings. The minimum atomic E-state index is -0.834. The Balaban J connectivity index is 2.73. The van der Waals surface area contributed by atoms with Crippen molar-refractivity contribution in [2.75, 3.05) is 6.61 Å². The fraction of sp³-hybridized carbons (Fsp3) is 0.417. The minimum absolute atomic E-state index is 0.0641. The third-order valence-electron chi connectivity index (χ3n) is 2.17. The van der Waals surface area contributed by atoms with Gasteiger partial charge in [0.2, 0.25) is 0 Å². The zero-order valence-corrected chi connectivity index (χ0v) is 9.91. The van der Waals surface area contributed by atoms with E-state index in [0.29, 0.717) is 13.0 Å². The number of benzene rings is 1. The van der Waals surface area contributed by atoms with Crippen LogP contribution >= 0.6 is 11.6 Å². The van der Waals surface area contributed by atoms with Crippen LogP contribution in [0, 0.1) is 0 Å². The molecule has 3 nitrogen and oxygen atoms in total. The van der Waals surface area contributed by atoms with Crippen LogP contribution in [0.2, 0.25) is 0 Å². The summed E-state index contributed by atoms with van der Waals surface area (Å²) in [6.45, 7) is 2.47. The average molecular weight is 243 g/mol. The lowest BCUT2D eigenvalue weighted by molar-refractivity contribution is -0.137. The first kappa shape index (κ1) is 12.8. The third-order valence-corrected chi connectivity index (χ3v) is 2.62. The maximum atomic E-state index is 10.5. The van der Waals surface area contributed by atoms with Crippen molar-refractivity contribution in [2.24, 2.45) is 0 Å². The van der Waals surface area contributed by atoms with Gasteiger partial charge in [0.15, 0.2) is 0 Å². The Hall–Kier alpha value is -1.22. The number of ether oxygens (including phenoxy) is 1. The van der Waals surface area contributed by atoms with Crippen LogP contribution in [0.25, 0.3) is 0 Å². The summed E-state index contributed by atoms with van der Waals surface area (Å²) in [5.74, 6) is -0.102. The summed E-state index contributed by atoms with van der Waals surface area (Å²) in [6.07, 6.45) is 0.468. The van der Waals surface area contributed by atoms with Crippen LogP contribution in [0.15, 0.2) is 24.3 Å². The first-order chi connectivity index (χ1) is 7.65. The maximum absolute atomic E-state index is 10.5. The van der Waals surface area contributed by atoms with Gasteiger partial charge in [0.1, 0.15) is 5.75 Å². The lowest BCUT2D eigenvalue weighted by Crippen LogP contribution is -2.01. The number of para-hydroxylation sites is 1. The fourth-order valence-corrected chi connectivity index (χ4v) is 1.72. The summed E-state index contributed by atoms with van der Waals surface area (Å²) in [5.41, 5.74) is 0.854. The largest absolute Gasteiger partial charge is 0.494 e. The van der Waals surface area contributed by atoms with Crippen LogP contribution in [0.3, 0.4) is 0 Å². The van der Waals surface area contributed by atoms with E-state index in [-0.39, 0.29) is 11.8 Å². The molecule has 1 aromatic rings. The molecule has 0 fully saturated rings. The Bertz CT molecular complexity index is 352. The molecule has 0 heterocycles. The molecule has 4 heteroatoms. The van der Waals surface area contributed by atoms with Crippen molar-refractivity contribution in [3.63, 3.8) is 0 Å². The lowest BCUT2D eigenvalue weighted by Gasteiger charge is -2.13. The molecule has 88 valence electrons. The Labute approximate surface area is 100.0 Å². The number of carbonyl (C=O) groups is 1. The van der Waals surface area contributed by atoms with E-state index in [1.807, 2.05) is 31.2 Å². The zero-order chi connectivity index (χ0) is 12.0. The van der Waals surface area contributed by atoms with Crippen LogP contribution < -0.4 is 4.74 Å². The van der Waals surface area contributed by atoms with Crippen LogP contribution in [0.1, 0.15) is 30.7 Å². The minimum Gasteiger partial charge on any atom is -0.494 e. The van der Waals surface area contributed by atoms with Gasteiger partial charge < -0.3 is 9.84 Å². The van der Waals surface area contributed by atoms with Crippen LogP contribution in [-0.2, 0) is 4.79 Å². The molecule has 0 bridgehead atoms. The molecule has 1 N–H and O–H groups in total. The predicted molar refractivity (Wildman–Crippen MR) is 63.1 cm³/mol. The quantitative estimate of drug-likeness (QED) is 0.779. The highest BCUT2D eigenvalue weighted by Gasteiger charge is 2.14. The number of aliphatic carboxylic acids is 1. The Morgan fingerprint density at radius 2 is 2.19 bits per heavy atom. The van der Waals surface area contributed by atoms with Crippen LogP contribution in [0.4, 0.5) is 0 Å².